The third kappa shape index (κ3) is 2.58. The molecule has 0 aliphatic carbocycles. The van der Waals surface area contributed by atoms with E-state index in [-0.39, 0.29) is 0 Å². The summed E-state index contributed by atoms with van der Waals surface area (Å²) >= 11 is 0. The van der Waals surface area contributed by atoms with Gasteiger partial charge in [-0.3, -0.25) is 0 Å². The number of rotatable bonds is 2. The lowest BCUT2D eigenvalue weighted by Gasteiger charge is -2.05. The maximum absolute atomic E-state index is 9.88. The zero-order valence-electron chi connectivity index (χ0n) is 17.7. The van der Waals surface area contributed by atoms with Gasteiger partial charge in [-0.05, 0) is 48.4 Å². The summed E-state index contributed by atoms with van der Waals surface area (Å²) < 4.78 is 14.3. The van der Waals surface area contributed by atoms with Gasteiger partial charge in [0.15, 0.2) is 6.20 Å². The first-order valence-corrected chi connectivity index (χ1v) is 10.5. The Balaban J connectivity index is 1.73. The molecule has 0 saturated carbocycles. The maximum atomic E-state index is 9.88. The predicted octanol–water partition coefficient (Wildman–Crippen LogP) is 6.67. The van der Waals surface area contributed by atoms with Gasteiger partial charge in [0.25, 0.3) is 0 Å². The fourth-order valence-electron chi connectivity index (χ4n) is 4.59. The maximum Gasteiger partial charge on any atom is 0.216 e. The van der Waals surface area contributed by atoms with E-state index in [1.807, 2.05) is 61.8 Å². The van der Waals surface area contributed by atoms with Gasteiger partial charge < -0.3 is 8.83 Å². The van der Waals surface area contributed by atoms with Crippen molar-refractivity contribution in [1.82, 2.24) is 0 Å². The Morgan fingerprint density at radius 2 is 1.69 bits per heavy atom. The number of nitriles is 1. The van der Waals surface area contributed by atoms with Gasteiger partial charge in [-0.1, -0.05) is 24.3 Å². The van der Waals surface area contributed by atoms with Crippen LogP contribution in [-0.2, 0) is 7.05 Å². The summed E-state index contributed by atoms with van der Waals surface area (Å²) in [6.45, 7) is 2.10. The monoisotopic (exact) mass is 415 g/mol. The Bertz CT molecular complexity index is 1710. The topological polar surface area (TPSA) is 54.0 Å². The molecule has 3 heterocycles. The third-order valence-corrected chi connectivity index (χ3v) is 6.19. The summed E-state index contributed by atoms with van der Waals surface area (Å²) in [5.41, 5.74) is 7.88. The summed E-state index contributed by atoms with van der Waals surface area (Å²) in [7, 11) is 2.04. The first-order chi connectivity index (χ1) is 15.7. The molecule has 4 nitrogen and oxygen atoms in total. The molecular formula is C28H19N2O2+. The highest BCUT2D eigenvalue weighted by Crippen LogP contribution is 2.42. The Hall–Kier alpha value is -4.36. The van der Waals surface area contributed by atoms with Crippen LogP contribution in [0.25, 0.3) is 55.3 Å². The highest BCUT2D eigenvalue weighted by Gasteiger charge is 2.23. The van der Waals surface area contributed by atoms with E-state index in [9.17, 15) is 5.26 Å². The second kappa shape index (κ2) is 6.83. The van der Waals surface area contributed by atoms with Gasteiger partial charge in [0.1, 0.15) is 23.8 Å². The van der Waals surface area contributed by atoms with E-state index in [0.717, 1.165) is 60.9 Å². The molecule has 0 fully saturated rings. The van der Waals surface area contributed by atoms with Crippen LogP contribution < -0.4 is 4.57 Å². The molecule has 0 aliphatic rings. The highest BCUT2D eigenvalue weighted by molar-refractivity contribution is 6.14. The second-order valence-electron chi connectivity index (χ2n) is 8.08. The zero-order valence-corrected chi connectivity index (χ0v) is 17.7. The van der Waals surface area contributed by atoms with Gasteiger partial charge in [0.05, 0.1) is 23.5 Å². The minimum absolute atomic E-state index is 0.575. The van der Waals surface area contributed by atoms with Crippen molar-refractivity contribution >= 4 is 32.9 Å². The van der Waals surface area contributed by atoms with Crippen molar-refractivity contribution in [2.45, 2.75) is 6.92 Å². The van der Waals surface area contributed by atoms with E-state index < -0.39 is 0 Å². The molecule has 0 unspecified atom stereocenters. The van der Waals surface area contributed by atoms with Crippen molar-refractivity contribution in [3.63, 3.8) is 0 Å². The molecule has 0 aliphatic heterocycles. The molecule has 4 heteroatoms. The highest BCUT2D eigenvalue weighted by atomic mass is 16.3. The summed E-state index contributed by atoms with van der Waals surface area (Å²) in [5.74, 6) is 0. The van der Waals surface area contributed by atoms with Gasteiger partial charge in [-0.2, -0.15) is 5.26 Å². The lowest BCUT2D eigenvalue weighted by Crippen LogP contribution is -2.30. The van der Waals surface area contributed by atoms with Crippen molar-refractivity contribution in [2.75, 3.05) is 0 Å². The van der Waals surface area contributed by atoms with Gasteiger partial charge in [0, 0.05) is 33.9 Å². The molecule has 0 spiro atoms. The average molecular weight is 415 g/mol. The van der Waals surface area contributed by atoms with Crippen LogP contribution in [0.15, 0.2) is 88.0 Å². The molecule has 6 rings (SSSR count). The number of fused-ring (bicyclic) bond motifs is 4. The van der Waals surface area contributed by atoms with Crippen molar-refractivity contribution < 1.29 is 13.4 Å². The molecule has 32 heavy (non-hydrogen) atoms. The molecule has 3 aromatic carbocycles. The number of hydrogen-bond donors (Lipinski definition) is 0. The minimum atomic E-state index is 0.575. The summed E-state index contributed by atoms with van der Waals surface area (Å²) in [5, 5.41) is 12.9. The lowest BCUT2D eigenvalue weighted by molar-refractivity contribution is -0.660. The summed E-state index contributed by atoms with van der Waals surface area (Å²) in [6, 6.07) is 24.5. The smallest absolute Gasteiger partial charge is 0.216 e. The lowest BCUT2D eigenvalue weighted by atomic mass is 9.96. The number of furan rings is 2. The molecular weight excluding hydrogens is 396 g/mol. The molecule has 0 radical (unpaired) electrons. The van der Waals surface area contributed by atoms with Gasteiger partial charge in [0.2, 0.25) is 5.69 Å². The Morgan fingerprint density at radius 1 is 0.875 bits per heavy atom. The van der Waals surface area contributed by atoms with Crippen molar-refractivity contribution in [1.29, 1.82) is 5.26 Å². The summed E-state index contributed by atoms with van der Waals surface area (Å²) in [6.07, 6.45) is 3.71. The predicted molar refractivity (Wildman–Crippen MR) is 125 cm³/mol. The first kappa shape index (κ1) is 18.4. The Morgan fingerprint density at radius 3 is 2.50 bits per heavy atom. The molecule has 3 aromatic heterocycles. The summed E-state index contributed by atoms with van der Waals surface area (Å²) in [4.78, 5) is 0. The SMILES string of the molecule is Cc1ccc2c(oc3c(-c4ccc5ccoc5c4)c(C#N)ccc32)c1-c1cccc[n+]1C. The fourth-order valence-corrected chi connectivity index (χ4v) is 4.59. The van der Waals surface area contributed by atoms with Crippen LogP contribution in [0, 0.1) is 18.3 Å². The number of aromatic nitrogens is 1. The molecule has 0 atom stereocenters. The number of aryl methyl sites for hydroxylation is 2. The molecule has 0 bridgehead atoms. The van der Waals surface area contributed by atoms with Crippen LogP contribution in [-0.4, -0.2) is 0 Å². The van der Waals surface area contributed by atoms with E-state index >= 15 is 0 Å². The van der Waals surface area contributed by atoms with Crippen molar-refractivity contribution in [3.05, 3.63) is 90.3 Å². The number of hydrogen-bond acceptors (Lipinski definition) is 3. The van der Waals surface area contributed by atoms with Crippen LogP contribution in [0.4, 0.5) is 0 Å². The quantitative estimate of drug-likeness (QED) is 0.297. The molecule has 0 saturated heterocycles. The van der Waals surface area contributed by atoms with E-state index in [1.165, 1.54) is 0 Å². The molecule has 6 aromatic rings. The van der Waals surface area contributed by atoms with Crippen LogP contribution in [0.1, 0.15) is 11.1 Å². The van der Waals surface area contributed by atoms with E-state index in [4.69, 9.17) is 8.83 Å². The molecule has 0 amide bonds. The van der Waals surface area contributed by atoms with Gasteiger partial charge in [-0.15, -0.1) is 0 Å². The first-order valence-electron chi connectivity index (χ1n) is 10.5. The second-order valence-corrected chi connectivity index (χ2v) is 8.08. The van der Waals surface area contributed by atoms with Crippen LogP contribution in [0.3, 0.4) is 0 Å². The van der Waals surface area contributed by atoms with Gasteiger partial charge >= 0.3 is 0 Å². The van der Waals surface area contributed by atoms with Crippen LogP contribution in [0.5, 0.6) is 0 Å². The number of benzene rings is 3. The minimum Gasteiger partial charge on any atom is -0.464 e. The number of pyridine rings is 1. The third-order valence-electron chi connectivity index (χ3n) is 6.19. The fraction of sp³-hybridized carbons (Fsp3) is 0.0714. The van der Waals surface area contributed by atoms with Crippen molar-refractivity contribution in [2.24, 2.45) is 7.05 Å². The standard InChI is InChI=1S/C28H19N2O2/c1-17-6-10-21-22-11-9-20(16-29)26(19-8-7-18-12-14-31-24(18)15-19)28(22)32-27(21)25(17)23-5-3-4-13-30(23)2/h3-15H,1-2H3/q+1. The van der Waals surface area contributed by atoms with E-state index in [1.54, 1.807) is 6.26 Å². The van der Waals surface area contributed by atoms with E-state index in [2.05, 4.69) is 35.8 Å². The van der Waals surface area contributed by atoms with Crippen LogP contribution in [0.2, 0.25) is 0 Å². The Kier molecular flexibility index (Phi) is 3.93. The average Bonchev–Trinajstić information content (AvgIpc) is 3.42. The molecule has 0 N–H and O–H groups in total. The molecule has 152 valence electrons. The van der Waals surface area contributed by atoms with E-state index in [0.29, 0.717) is 5.56 Å². The number of nitrogens with zero attached hydrogens (tertiary/aromatic N) is 2. The Labute approximate surface area is 184 Å². The zero-order chi connectivity index (χ0) is 21.8. The normalized spacial score (nSPS) is 11.4. The van der Waals surface area contributed by atoms with Crippen LogP contribution >= 0.6 is 0 Å². The van der Waals surface area contributed by atoms with Crippen molar-refractivity contribution in [3.8, 4) is 28.5 Å². The van der Waals surface area contributed by atoms with Gasteiger partial charge in [-0.25, -0.2) is 4.57 Å². The largest absolute Gasteiger partial charge is 0.464 e.